The van der Waals surface area contributed by atoms with Crippen molar-refractivity contribution in [2.24, 2.45) is 0 Å². The molecule has 0 saturated heterocycles. The van der Waals surface area contributed by atoms with Gasteiger partial charge in [-0.1, -0.05) is 35.9 Å². The van der Waals surface area contributed by atoms with Crippen molar-refractivity contribution in [3.05, 3.63) is 53.2 Å². The van der Waals surface area contributed by atoms with Gasteiger partial charge in [-0.25, -0.2) is 0 Å². The highest BCUT2D eigenvalue weighted by Crippen LogP contribution is 2.26. The first-order valence-electron chi connectivity index (χ1n) is 5.90. The van der Waals surface area contributed by atoms with E-state index < -0.39 is 0 Å². The fourth-order valence-corrected chi connectivity index (χ4v) is 2.06. The summed E-state index contributed by atoms with van der Waals surface area (Å²) in [6.07, 6.45) is 6.16. The van der Waals surface area contributed by atoms with Crippen molar-refractivity contribution in [2.75, 3.05) is 0 Å². The predicted molar refractivity (Wildman–Crippen MR) is 70.3 cm³/mol. The predicted octanol–water partition coefficient (Wildman–Crippen LogP) is 3.19. The Morgan fingerprint density at radius 1 is 1.35 bits per heavy atom. The monoisotopic (exact) mass is 227 g/mol. The second kappa shape index (κ2) is 5.00. The number of carbonyl (C=O) groups excluding carboxylic acids is 1. The van der Waals surface area contributed by atoms with Crippen LogP contribution in [0.1, 0.15) is 30.9 Å². The largest absolute Gasteiger partial charge is 0.327 e. The number of rotatable bonds is 2. The number of amides is 1. The summed E-state index contributed by atoms with van der Waals surface area (Å²) < 4.78 is 0. The Labute approximate surface area is 102 Å². The van der Waals surface area contributed by atoms with Crippen molar-refractivity contribution >= 4 is 11.5 Å². The second-order valence-corrected chi connectivity index (χ2v) is 4.42. The van der Waals surface area contributed by atoms with E-state index in [0.29, 0.717) is 0 Å². The van der Waals surface area contributed by atoms with Crippen LogP contribution in [0, 0.1) is 6.92 Å². The molecule has 0 atom stereocenters. The molecule has 88 valence electrons. The number of hydrogen-bond donors (Lipinski definition) is 1. The Morgan fingerprint density at radius 2 is 2.18 bits per heavy atom. The number of nitrogens with one attached hydrogen (secondary N) is 1. The summed E-state index contributed by atoms with van der Waals surface area (Å²) in [4.78, 5) is 11.0. The van der Waals surface area contributed by atoms with Crippen molar-refractivity contribution in [1.82, 2.24) is 5.32 Å². The molecule has 1 aliphatic carbocycles. The molecule has 1 aromatic carbocycles. The van der Waals surface area contributed by atoms with Crippen LogP contribution < -0.4 is 5.32 Å². The molecule has 0 heterocycles. The number of carbonyl (C=O) groups is 1. The van der Waals surface area contributed by atoms with Gasteiger partial charge in [0.25, 0.3) is 0 Å². The third kappa shape index (κ3) is 3.06. The van der Waals surface area contributed by atoms with Crippen molar-refractivity contribution in [1.29, 1.82) is 0 Å². The Morgan fingerprint density at radius 3 is 2.88 bits per heavy atom. The van der Waals surface area contributed by atoms with Gasteiger partial charge in [-0.15, -0.1) is 0 Å². The van der Waals surface area contributed by atoms with Gasteiger partial charge in [-0.3, -0.25) is 4.79 Å². The molecule has 0 radical (unpaired) electrons. The summed E-state index contributed by atoms with van der Waals surface area (Å²) in [7, 11) is 0. The molecule has 0 aliphatic heterocycles. The van der Waals surface area contributed by atoms with Gasteiger partial charge in [-0.2, -0.15) is 0 Å². The lowest BCUT2D eigenvalue weighted by Gasteiger charge is -2.14. The second-order valence-electron chi connectivity index (χ2n) is 4.42. The molecule has 1 aromatic rings. The summed E-state index contributed by atoms with van der Waals surface area (Å²) in [6, 6.07) is 8.47. The lowest BCUT2D eigenvalue weighted by molar-refractivity contribution is -0.118. The maximum Gasteiger partial charge on any atom is 0.221 e. The van der Waals surface area contributed by atoms with E-state index in [4.69, 9.17) is 0 Å². The molecule has 0 unspecified atom stereocenters. The highest BCUT2D eigenvalue weighted by atomic mass is 16.1. The standard InChI is InChI=1S/C15H17NO/c1-11-5-3-6-13(9-11)14-7-4-8-15(10-14)16-12(2)17/h3,5-6,8-10H,4,7H2,1-2H3,(H,16,17). The van der Waals surface area contributed by atoms with Gasteiger partial charge in [0, 0.05) is 12.6 Å². The number of hydrogen-bond acceptors (Lipinski definition) is 1. The lowest BCUT2D eigenvalue weighted by Crippen LogP contribution is -2.19. The summed E-state index contributed by atoms with van der Waals surface area (Å²) in [5.41, 5.74) is 4.72. The molecule has 1 aliphatic rings. The first-order chi connectivity index (χ1) is 8.15. The molecule has 0 saturated carbocycles. The zero-order valence-electron chi connectivity index (χ0n) is 10.3. The van der Waals surface area contributed by atoms with Crippen LogP contribution in [0.5, 0.6) is 0 Å². The number of benzene rings is 1. The Kier molecular flexibility index (Phi) is 3.43. The molecule has 0 spiro atoms. The summed E-state index contributed by atoms with van der Waals surface area (Å²) in [6.45, 7) is 3.63. The van der Waals surface area contributed by atoms with Crippen LogP contribution in [0.3, 0.4) is 0 Å². The minimum Gasteiger partial charge on any atom is -0.327 e. The summed E-state index contributed by atoms with van der Waals surface area (Å²) in [5, 5.41) is 2.84. The van der Waals surface area contributed by atoms with Crippen molar-refractivity contribution in [3.8, 4) is 0 Å². The topological polar surface area (TPSA) is 29.1 Å². The molecule has 2 heteroatoms. The molecule has 2 rings (SSSR count). The smallest absolute Gasteiger partial charge is 0.221 e. The molecule has 0 aromatic heterocycles. The zero-order valence-corrected chi connectivity index (χ0v) is 10.3. The van der Waals surface area contributed by atoms with Crippen molar-refractivity contribution < 1.29 is 4.79 Å². The molecule has 0 bridgehead atoms. The molecule has 17 heavy (non-hydrogen) atoms. The van der Waals surface area contributed by atoms with E-state index in [9.17, 15) is 4.79 Å². The molecular weight excluding hydrogens is 210 g/mol. The normalized spacial score (nSPS) is 14.9. The van der Waals surface area contributed by atoms with Crippen molar-refractivity contribution in [3.63, 3.8) is 0 Å². The fraction of sp³-hybridized carbons (Fsp3) is 0.267. The van der Waals surface area contributed by atoms with Crippen LogP contribution in [0.4, 0.5) is 0 Å². The van der Waals surface area contributed by atoms with Crippen LogP contribution in [0.2, 0.25) is 0 Å². The number of allylic oxidation sites excluding steroid dienone is 3. The SMILES string of the molecule is CC(=O)NC1=CCCC(c2cccc(C)c2)=C1. The average Bonchev–Trinajstić information content (AvgIpc) is 2.28. The maximum absolute atomic E-state index is 11.0. The van der Waals surface area contributed by atoms with Crippen molar-refractivity contribution in [2.45, 2.75) is 26.7 Å². The molecule has 1 amide bonds. The maximum atomic E-state index is 11.0. The van der Waals surface area contributed by atoms with E-state index >= 15 is 0 Å². The van der Waals surface area contributed by atoms with Crippen LogP contribution in [0.15, 0.2) is 42.1 Å². The first-order valence-corrected chi connectivity index (χ1v) is 5.90. The van der Waals surface area contributed by atoms with E-state index in [1.807, 2.05) is 0 Å². The van der Waals surface area contributed by atoms with E-state index in [-0.39, 0.29) is 5.91 Å². The highest BCUT2D eigenvalue weighted by molar-refractivity contribution is 5.78. The van der Waals surface area contributed by atoms with E-state index in [1.54, 1.807) is 0 Å². The van der Waals surface area contributed by atoms with Crippen LogP contribution in [-0.2, 0) is 4.79 Å². The van der Waals surface area contributed by atoms with Gasteiger partial charge in [0.1, 0.15) is 0 Å². The van der Waals surface area contributed by atoms with Crippen LogP contribution in [-0.4, -0.2) is 5.91 Å². The summed E-state index contributed by atoms with van der Waals surface area (Å²) in [5.74, 6) is -0.0157. The van der Waals surface area contributed by atoms with Gasteiger partial charge in [0.15, 0.2) is 0 Å². The van der Waals surface area contributed by atoms with Crippen LogP contribution >= 0.6 is 0 Å². The van der Waals surface area contributed by atoms with Gasteiger partial charge in [0.2, 0.25) is 5.91 Å². The van der Waals surface area contributed by atoms with Gasteiger partial charge in [-0.05, 0) is 37.0 Å². The fourth-order valence-electron chi connectivity index (χ4n) is 2.06. The van der Waals surface area contributed by atoms with E-state index in [2.05, 4.69) is 48.7 Å². The summed E-state index contributed by atoms with van der Waals surface area (Å²) >= 11 is 0. The minimum atomic E-state index is -0.0157. The van der Waals surface area contributed by atoms with E-state index in [0.717, 1.165) is 18.5 Å². The van der Waals surface area contributed by atoms with Gasteiger partial charge < -0.3 is 5.32 Å². The zero-order chi connectivity index (χ0) is 12.3. The first kappa shape index (κ1) is 11.6. The quantitative estimate of drug-likeness (QED) is 0.826. The van der Waals surface area contributed by atoms with Gasteiger partial charge >= 0.3 is 0 Å². The van der Waals surface area contributed by atoms with Gasteiger partial charge in [0.05, 0.1) is 0 Å². The highest BCUT2D eigenvalue weighted by Gasteiger charge is 2.08. The third-order valence-corrected chi connectivity index (χ3v) is 2.82. The average molecular weight is 227 g/mol. The Bertz CT molecular complexity index is 497. The minimum absolute atomic E-state index is 0.0157. The molecule has 0 fully saturated rings. The third-order valence-electron chi connectivity index (χ3n) is 2.82. The molecular formula is C15H17NO. The molecule has 2 nitrogen and oxygen atoms in total. The Balaban J connectivity index is 2.24. The number of aryl methyl sites for hydroxylation is 1. The van der Waals surface area contributed by atoms with E-state index in [1.165, 1.54) is 23.6 Å². The van der Waals surface area contributed by atoms with Crippen LogP contribution in [0.25, 0.3) is 5.57 Å². The Hall–Kier alpha value is -1.83. The molecule has 1 N–H and O–H groups in total. The lowest BCUT2D eigenvalue weighted by atomic mass is 9.95.